The largest absolute Gasteiger partial charge is 0.383 e. The number of hydrogen-bond donors (Lipinski definition) is 1. The van der Waals surface area contributed by atoms with Gasteiger partial charge in [0.25, 0.3) is 0 Å². The van der Waals surface area contributed by atoms with Gasteiger partial charge in [-0.25, -0.2) is 18.4 Å². The lowest BCUT2D eigenvalue weighted by Gasteiger charge is -2.35. The molecule has 1 saturated heterocycles. The molecule has 2 aromatic heterocycles. The highest BCUT2D eigenvalue weighted by atomic mass is 19.1. The molecule has 0 unspecified atom stereocenters. The van der Waals surface area contributed by atoms with E-state index in [9.17, 15) is 4.39 Å². The first-order chi connectivity index (χ1) is 19.7. The van der Waals surface area contributed by atoms with Crippen LogP contribution >= 0.6 is 0 Å². The van der Waals surface area contributed by atoms with Crippen molar-refractivity contribution in [3.63, 3.8) is 0 Å². The van der Waals surface area contributed by atoms with Gasteiger partial charge in [-0.1, -0.05) is 63.2 Å². The van der Waals surface area contributed by atoms with E-state index in [1.54, 1.807) is 30.3 Å². The minimum atomic E-state index is -0.418. The van der Waals surface area contributed by atoms with E-state index in [1.807, 2.05) is 0 Å². The van der Waals surface area contributed by atoms with E-state index >= 15 is 4.39 Å². The Bertz CT molecular complexity index is 1700. The van der Waals surface area contributed by atoms with Crippen molar-refractivity contribution in [2.45, 2.75) is 32.7 Å². The number of nitrogens with two attached hydrogens (primary N) is 1. The molecule has 7 nitrogen and oxygen atoms in total. The van der Waals surface area contributed by atoms with Crippen LogP contribution in [0, 0.1) is 11.6 Å². The van der Waals surface area contributed by atoms with E-state index in [4.69, 9.17) is 15.7 Å². The van der Waals surface area contributed by atoms with Gasteiger partial charge >= 0.3 is 0 Å². The molecule has 0 amide bonds. The first-order valence-corrected chi connectivity index (χ1v) is 13.8. The minimum absolute atomic E-state index is 0.130. The highest BCUT2D eigenvalue weighted by molar-refractivity contribution is 5.99. The highest BCUT2D eigenvalue weighted by Gasteiger charge is 2.25. The van der Waals surface area contributed by atoms with Gasteiger partial charge in [-0.2, -0.15) is 4.98 Å². The van der Waals surface area contributed by atoms with Crippen LogP contribution in [0.3, 0.4) is 0 Å². The van der Waals surface area contributed by atoms with Gasteiger partial charge in [0.1, 0.15) is 17.5 Å². The average Bonchev–Trinajstić information content (AvgIpc) is 3.29. The van der Waals surface area contributed by atoms with Crippen molar-refractivity contribution in [3.8, 4) is 16.9 Å². The highest BCUT2D eigenvalue weighted by Crippen LogP contribution is 2.35. The maximum absolute atomic E-state index is 15.0. The Morgan fingerprint density at radius 3 is 2.27 bits per heavy atom. The van der Waals surface area contributed by atoms with Gasteiger partial charge in [0.15, 0.2) is 5.65 Å². The van der Waals surface area contributed by atoms with E-state index in [2.05, 4.69) is 59.9 Å². The standard InChI is InChI=1S/C32H33F2N7/c1-32(2,3)22-13-11-21(12-14-22)20-39-15-17-40(18-16-39)31-36-28(25-9-4-5-10-26(25)34)27-29(35)41(38-30(27)37-31)24-8-6-7-23(33)19-24/h4-14,19H,15-18,20,35H2,1-3H3. The summed E-state index contributed by atoms with van der Waals surface area (Å²) in [6, 6.07) is 21.3. The van der Waals surface area contributed by atoms with E-state index in [0.29, 0.717) is 47.0 Å². The van der Waals surface area contributed by atoms with Gasteiger partial charge in [0.2, 0.25) is 5.95 Å². The number of halogens is 2. The molecule has 0 aliphatic carbocycles. The molecule has 5 aromatic rings. The lowest BCUT2D eigenvalue weighted by Crippen LogP contribution is -2.46. The summed E-state index contributed by atoms with van der Waals surface area (Å²) in [6.45, 7) is 10.6. The summed E-state index contributed by atoms with van der Waals surface area (Å²) in [6.07, 6.45) is 0. The third kappa shape index (κ3) is 5.37. The van der Waals surface area contributed by atoms with Crippen molar-refractivity contribution in [2.24, 2.45) is 0 Å². The van der Waals surface area contributed by atoms with Crippen LogP contribution < -0.4 is 10.6 Å². The Hall–Kier alpha value is -4.37. The molecule has 3 heterocycles. The molecule has 41 heavy (non-hydrogen) atoms. The monoisotopic (exact) mass is 553 g/mol. The van der Waals surface area contributed by atoms with Gasteiger partial charge in [-0.15, -0.1) is 5.10 Å². The number of hydrogen-bond acceptors (Lipinski definition) is 6. The lowest BCUT2D eigenvalue weighted by atomic mass is 9.87. The zero-order chi connectivity index (χ0) is 28.7. The maximum Gasteiger partial charge on any atom is 0.228 e. The smallest absolute Gasteiger partial charge is 0.228 e. The zero-order valence-corrected chi connectivity index (χ0v) is 23.5. The predicted octanol–water partition coefficient (Wildman–Crippen LogP) is 5.96. The number of nitrogens with zero attached hydrogens (tertiary/aromatic N) is 6. The first-order valence-electron chi connectivity index (χ1n) is 13.8. The van der Waals surface area contributed by atoms with Gasteiger partial charge in [-0.3, -0.25) is 4.90 Å². The van der Waals surface area contributed by atoms with Crippen LogP contribution in [-0.4, -0.2) is 50.8 Å². The molecule has 2 N–H and O–H groups in total. The predicted molar refractivity (Wildman–Crippen MR) is 159 cm³/mol. The Labute approximate surface area is 238 Å². The molecule has 9 heteroatoms. The summed E-state index contributed by atoms with van der Waals surface area (Å²) in [7, 11) is 0. The third-order valence-electron chi connectivity index (χ3n) is 7.62. The fraction of sp³-hybridized carbons (Fsp3) is 0.281. The van der Waals surface area contributed by atoms with Crippen molar-refractivity contribution >= 4 is 22.8 Å². The van der Waals surface area contributed by atoms with Gasteiger partial charge in [0.05, 0.1) is 16.8 Å². The SMILES string of the molecule is CC(C)(C)c1ccc(CN2CCN(c3nc(-c4ccccc4F)c4c(N)n(-c5cccc(F)c5)nc4n3)CC2)cc1. The van der Waals surface area contributed by atoms with E-state index in [1.165, 1.54) is 34.0 Å². The van der Waals surface area contributed by atoms with Crippen LogP contribution in [0.5, 0.6) is 0 Å². The van der Waals surface area contributed by atoms with Crippen LogP contribution in [0.15, 0.2) is 72.8 Å². The molecule has 1 fully saturated rings. The molecule has 6 rings (SSSR count). The molecule has 3 aromatic carbocycles. The summed E-state index contributed by atoms with van der Waals surface area (Å²) in [5.74, 6) is -0.143. The second-order valence-corrected chi connectivity index (χ2v) is 11.5. The van der Waals surface area contributed by atoms with E-state index in [-0.39, 0.29) is 11.2 Å². The number of fused-ring (bicyclic) bond motifs is 1. The van der Waals surface area contributed by atoms with Crippen molar-refractivity contribution in [1.82, 2.24) is 24.6 Å². The van der Waals surface area contributed by atoms with Crippen LogP contribution in [0.1, 0.15) is 31.9 Å². The molecule has 1 aliphatic heterocycles. The fourth-order valence-electron chi connectivity index (χ4n) is 5.27. The number of piperazine rings is 1. The maximum atomic E-state index is 15.0. The molecular formula is C32H33F2N7. The second-order valence-electron chi connectivity index (χ2n) is 11.5. The molecule has 0 spiro atoms. The Balaban J connectivity index is 1.30. The van der Waals surface area contributed by atoms with E-state index in [0.717, 1.165) is 19.6 Å². The molecule has 210 valence electrons. The topological polar surface area (TPSA) is 76.1 Å². The summed E-state index contributed by atoms with van der Waals surface area (Å²) in [4.78, 5) is 14.1. The number of rotatable bonds is 5. The number of nitrogen functional groups attached to an aromatic ring is 1. The fourth-order valence-corrected chi connectivity index (χ4v) is 5.27. The zero-order valence-electron chi connectivity index (χ0n) is 23.5. The molecule has 0 saturated carbocycles. The quantitative estimate of drug-likeness (QED) is 0.289. The van der Waals surface area contributed by atoms with Crippen LogP contribution in [0.25, 0.3) is 28.0 Å². The number of anilines is 2. The van der Waals surface area contributed by atoms with Gasteiger partial charge < -0.3 is 10.6 Å². The van der Waals surface area contributed by atoms with Crippen molar-refractivity contribution in [2.75, 3.05) is 36.8 Å². The van der Waals surface area contributed by atoms with Crippen LogP contribution in [0.4, 0.5) is 20.5 Å². The number of aromatic nitrogens is 4. The van der Waals surface area contributed by atoms with Crippen LogP contribution in [0.2, 0.25) is 0 Å². The molecule has 0 radical (unpaired) electrons. The third-order valence-corrected chi connectivity index (χ3v) is 7.62. The van der Waals surface area contributed by atoms with Gasteiger partial charge in [0, 0.05) is 38.3 Å². The molecule has 0 bridgehead atoms. The second kappa shape index (κ2) is 10.6. The Kier molecular flexibility index (Phi) is 6.91. The Morgan fingerprint density at radius 1 is 0.854 bits per heavy atom. The average molecular weight is 554 g/mol. The van der Waals surface area contributed by atoms with Crippen molar-refractivity contribution in [1.29, 1.82) is 0 Å². The summed E-state index contributed by atoms with van der Waals surface area (Å²) in [5, 5.41) is 5.04. The summed E-state index contributed by atoms with van der Waals surface area (Å²) >= 11 is 0. The molecular weight excluding hydrogens is 520 g/mol. The Morgan fingerprint density at radius 2 is 1.59 bits per heavy atom. The first kappa shape index (κ1) is 26.8. The number of benzene rings is 3. The lowest BCUT2D eigenvalue weighted by molar-refractivity contribution is 0.248. The summed E-state index contributed by atoms with van der Waals surface area (Å²) in [5.41, 5.74) is 10.7. The van der Waals surface area contributed by atoms with Gasteiger partial charge in [-0.05, 0) is 46.9 Å². The van der Waals surface area contributed by atoms with Crippen LogP contribution in [-0.2, 0) is 12.0 Å². The van der Waals surface area contributed by atoms with Crippen molar-refractivity contribution in [3.05, 3.63) is 95.6 Å². The normalized spacial score (nSPS) is 14.6. The molecule has 1 aliphatic rings. The van der Waals surface area contributed by atoms with E-state index < -0.39 is 11.6 Å². The summed E-state index contributed by atoms with van der Waals surface area (Å²) < 4.78 is 30.5. The minimum Gasteiger partial charge on any atom is -0.383 e. The molecule has 0 atom stereocenters. The van der Waals surface area contributed by atoms with Crippen molar-refractivity contribution < 1.29 is 8.78 Å².